The van der Waals surface area contributed by atoms with Gasteiger partial charge in [0.15, 0.2) is 18.1 Å². The molecule has 3 aromatic rings. The first-order chi connectivity index (χ1) is 18.3. The van der Waals surface area contributed by atoms with Gasteiger partial charge in [-0.1, -0.05) is 23.7 Å². The fraction of sp³-hybridized carbons (Fsp3) is 0.154. The molecule has 0 unspecified atom stereocenters. The SMILES string of the molecule is COc1ccc(CNC(=O)C(=O)N/N=C\c2ccc(OCC(=O)Nc3ccc(F)c(Cl)c3)c(OC)c2)cc1. The molecule has 0 aromatic heterocycles. The molecule has 0 aliphatic rings. The Labute approximate surface area is 222 Å². The van der Waals surface area contributed by atoms with Gasteiger partial charge in [-0.25, -0.2) is 9.82 Å². The summed E-state index contributed by atoms with van der Waals surface area (Å²) in [6.45, 7) is -0.186. The Hall–Kier alpha value is -4.64. The molecule has 0 saturated carbocycles. The minimum absolute atomic E-state index is 0.118. The molecule has 38 heavy (non-hydrogen) atoms. The zero-order valence-corrected chi connectivity index (χ0v) is 21.2. The zero-order valence-electron chi connectivity index (χ0n) is 20.4. The first-order valence-corrected chi connectivity index (χ1v) is 11.5. The molecule has 3 amide bonds. The van der Waals surface area contributed by atoms with Crippen LogP contribution >= 0.6 is 11.6 Å². The summed E-state index contributed by atoms with van der Waals surface area (Å²) < 4.78 is 29.1. The van der Waals surface area contributed by atoms with E-state index in [-0.39, 0.29) is 23.9 Å². The molecule has 0 aliphatic heterocycles. The van der Waals surface area contributed by atoms with Crippen molar-refractivity contribution in [2.75, 3.05) is 26.1 Å². The molecule has 0 fully saturated rings. The third kappa shape index (κ3) is 8.20. The smallest absolute Gasteiger partial charge is 0.329 e. The van der Waals surface area contributed by atoms with E-state index in [9.17, 15) is 18.8 Å². The second-order valence-corrected chi connectivity index (χ2v) is 8.01. The number of anilines is 1. The molecule has 0 spiro atoms. The van der Waals surface area contributed by atoms with Crippen molar-refractivity contribution in [2.24, 2.45) is 5.10 Å². The molecular formula is C26H24ClFN4O6. The number of benzene rings is 3. The van der Waals surface area contributed by atoms with Crippen molar-refractivity contribution in [1.82, 2.24) is 10.7 Å². The average molecular weight is 543 g/mol. The summed E-state index contributed by atoms with van der Waals surface area (Å²) in [6, 6.07) is 15.5. The number of halogens is 2. The number of ether oxygens (including phenoxy) is 3. The number of hydrogen-bond donors (Lipinski definition) is 3. The molecule has 0 saturated heterocycles. The monoisotopic (exact) mass is 542 g/mol. The highest BCUT2D eigenvalue weighted by Gasteiger charge is 2.13. The highest BCUT2D eigenvalue weighted by Crippen LogP contribution is 2.27. The van der Waals surface area contributed by atoms with E-state index in [4.69, 9.17) is 25.8 Å². The topological polar surface area (TPSA) is 127 Å². The molecule has 0 atom stereocenters. The summed E-state index contributed by atoms with van der Waals surface area (Å²) in [5.74, 6) is -1.61. The van der Waals surface area contributed by atoms with E-state index in [0.717, 1.165) is 11.6 Å². The van der Waals surface area contributed by atoms with Crippen molar-refractivity contribution >= 4 is 41.2 Å². The highest BCUT2D eigenvalue weighted by atomic mass is 35.5. The van der Waals surface area contributed by atoms with Gasteiger partial charge in [-0.3, -0.25) is 14.4 Å². The Bertz CT molecular complexity index is 1330. The molecule has 3 aromatic carbocycles. The van der Waals surface area contributed by atoms with Crippen LogP contribution in [0.4, 0.5) is 10.1 Å². The maximum atomic E-state index is 13.2. The molecule has 0 heterocycles. The standard InChI is InChI=1S/C26H24ClFN4O6/c1-36-19-7-3-16(4-8-19)13-29-25(34)26(35)32-30-14-17-5-10-22(23(11-17)37-2)38-15-24(33)31-18-6-9-21(28)20(27)12-18/h3-12,14H,13,15H2,1-2H3,(H,29,34)(H,31,33)(H,32,35)/b30-14-. The molecule has 0 radical (unpaired) electrons. The molecular weight excluding hydrogens is 519 g/mol. The summed E-state index contributed by atoms with van der Waals surface area (Å²) in [5.41, 5.74) is 3.79. The number of methoxy groups -OCH3 is 2. The Morgan fingerprint density at radius 2 is 1.71 bits per heavy atom. The number of carbonyl (C=O) groups excluding carboxylic acids is 3. The second kappa shape index (κ2) is 13.6. The Kier molecular flexibility index (Phi) is 10.0. The normalized spacial score (nSPS) is 10.5. The van der Waals surface area contributed by atoms with Gasteiger partial charge in [-0.05, 0) is 59.7 Å². The van der Waals surface area contributed by atoms with E-state index < -0.39 is 23.5 Å². The van der Waals surface area contributed by atoms with Gasteiger partial charge in [0, 0.05) is 12.2 Å². The summed E-state index contributed by atoms with van der Waals surface area (Å²) in [5, 5.41) is 8.70. The van der Waals surface area contributed by atoms with Crippen molar-refractivity contribution in [3.05, 3.63) is 82.6 Å². The summed E-state index contributed by atoms with van der Waals surface area (Å²) >= 11 is 5.71. The van der Waals surface area contributed by atoms with Crippen molar-refractivity contribution < 1.29 is 33.0 Å². The minimum atomic E-state index is -0.935. The number of nitrogens with zero attached hydrogens (tertiary/aromatic N) is 1. The van der Waals surface area contributed by atoms with Crippen molar-refractivity contribution in [2.45, 2.75) is 6.54 Å². The van der Waals surface area contributed by atoms with Gasteiger partial charge in [-0.15, -0.1) is 0 Å². The molecule has 12 heteroatoms. The van der Waals surface area contributed by atoms with Crippen LogP contribution < -0.4 is 30.3 Å². The van der Waals surface area contributed by atoms with E-state index in [1.54, 1.807) is 49.6 Å². The lowest BCUT2D eigenvalue weighted by Gasteiger charge is -2.11. The Morgan fingerprint density at radius 1 is 0.947 bits per heavy atom. The number of hydrazone groups is 1. The molecule has 3 N–H and O–H groups in total. The lowest BCUT2D eigenvalue weighted by atomic mass is 10.2. The predicted octanol–water partition coefficient (Wildman–Crippen LogP) is 3.28. The van der Waals surface area contributed by atoms with Gasteiger partial charge in [0.05, 0.1) is 25.5 Å². The van der Waals surface area contributed by atoms with Gasteiger partial charge in [0.2, 0.25) is 0 Å². The van der Waals surface area contributed by atoms with Crippen LogP contribution in [-0.2, 0) is 20.9 Å². The Morgan fingerprint density at radius 3 is 2.39 bits per heavy atom. The lowest BCUT2D eigenvalue weighted by molar-refractivity contribution is -0.139. The quantitative estimate of drug-likeness (QED) is 0.205. The summed E-state index contributed by atoms with van der Waals surface area (Å²) in [7, 11) is 2.97. The average Bonchev–Trinajstić information content (AvgIpc) is 2.93. The maximum Gasteiger partial charge on any atom is 0.329 e. The van der Waals surface area contributed by atoms with Crippen LogP contribution in [0, 0.1) is 5.82 Å². The number of nitrogens with one attached hydrogen (secondary N) is 3. The molecule has 3 rings (SSSR count). The third-order valence-corrected chi connectivity index (χ3v) is 5.24. The van der Waals surface area contributed by atoms with Gasteiger partial charge in [0.1, 0.15) is 11.6 Å². The minimum Gasteiger partial charge on any atom is -0.497 e. The molecule has 10 nitrogen and oxygen atoms in total. The number of rotatable bonds is 10. The fourth-order valence-corrected chi connectivity index (χ4v) is 3.20. The van der Waals surface area contributed by atoms with Crippen molar-refractivity contribution in [3.8, 4) is 17.2 Å². The molecule has 198 valence electrons. The van der Waals surface area contributed by atoms with Gasteiger partial charge in [0.25, 0.3) is 5.91 Å². The van der Waals surface area contributed by atoms with Crippen LogP contribution in [0.3, 0.4) is 0 Å². The van der Waals surface area contributed by atoms with Crippen LogP contribution in [0.2, 0.25) is 5.02 Å². The first kappa shape index (κ1) is 27.9. The van der Waals surface area contributed by atoms with E-state index in [2.05, 4.69) is 21.2 Å². The van der Waals surface area contributed by atoms with E-state index in [1.165, 1.54) is 25.5 Å². The van der Waals surface area contributed by atoms with Gasteiger partial charge < -0.3 is 24.8 Å². The fourth-order valence-electron chi connectivity index (χ4n) is 3.02. The number of hydrogen-bond acceptors (Lipinski definition) is 7. The van der Waals surface area contributed by atoms with E-state index in [1.807, 2.05) is 0 Å². The van der Waals surface area contributed by atoms with Crippen LogP contribution in [0.25, 0.3) is 0 Å². The summed E-state index contributed by atoms with van der Waals surface area (Å²) in [6.07, 6.45) is 1.31. The van der Waals surface area contributed by atoms with Crippen LogP contribution in [-0.4, -0.2) is 44.8 Å². The molecule has 0 bridgehead atoms. The Balaban J connectivity index is 1.48. The van der Waals surface area contributed by atoms with Crippen molar-refractivity contribution in [3.63, 3.8) is 0 Å². The third-order valence-electron chi connectivity index (χ3n) is 4.95. The van der Waals surface area contributed by atoms with Crippen LogP contribution in [0.5, 0.6) is 17.2 Å². The second-order valence-electron chi connectivity index (χ2n) is 7.61. The van der Waals surface area contributed by atoms with Crippen LogP contribution in [0.15, 0.2) is 65.8 Å². The largest absolute Gasteiger partial charge is 0.497 e. The van der Waals surface area contributed by atoms with E-state index in [0.29, 0.717) is 22.7 Å². The zero-order chi connectivity index (χ0) is 27.5. The lowest BCUT2D eigenvalue weighted by Crippen LogP contribution is -2.37. The number of amides is 3. The highest BCUT2D eigenvalue weighted by molar-refractivity contribution is 6.35. The maximum absolute atomic E-state index is 13.2. The van der Waals surface area contributed by atoms with Gasteiger partial charge in [-0.2, -0.15) is 5.10 Å². The van der Waals surface area contributed by atoms with Crippen LogP contribution in [0.1, 0.15) is 11.1 Å². The first-order valence-electron chi connectivity index (χ1n) is 11.1. The predicted molar refractivity (Wildman–Crippen MR) is 139 cm³/mol. The van der Waals surface area contributed by atoms with Gasteiger partial charge >= 0.3 is 11.8 Å². The number of carbonyl (C=O) groups is 3. The molecule has 0 aliphatic carbocycles. The van der Waals surface area contributed by atoms with Crippen molar-refractivity contribution in [1.29, 1.82) is 0 Å². The van der Waals surface area contributed by atoms with E-state index >= 15 is 0 Å². The summed E-state index contributed by atoms with van der Waals surface area (Å²) in [4.78, 5) is 36.1.